The number of carbonyl (C=O) groups is 2. The van der Waals surface area contributed by atoms with E-state index in [-0.39, 0.29) is 18.5 Å². The summed E-state index contributed by atoms with van der Waals surface area (Å²) in [6.07, 6.45) is 0.874. The van der Waals surface area contributed by atoms with Crippen LogP contribution in [0, 0.1) is 6.92 Å². The molecule has 0 saturated carbocycles. The van der Waals surface area contributed by atoms with Gasteiger partial charge in [-0.25, -0.2) is 4.79 Å². The zero-order valence-electron chi connectivity index (χ0n) is 14.7. The summed E-state index contributed by atoms with van der Waals surface area (Å²) in [4.78, 5) is 26.3. The molecule has 5 nitrogen and oxygen atoms in total. The zero-order valence-corrected chi connectivity index (χ0v) is 14.7. The number of methoxy groups -OCH3 is 1. The minimum absolute atomic E-state index is 0.0142. The first-order valence-electron chi connectivity index (χ1n) is 8.34. The van der Waals surface area contributed by atoms with Crippen LogP contribution in [-0.2, 0) is 16.0 Å². The molecule has 0 aromatic heterocycles. The minimum atomic E-state index is -0.392. The van der Waals surface area contributed by atoms with Crippen molar-refractivity contribution in [3.05, 3.63) is 59.2 Å². The van der Waals surface area contributed by atoms with Crippen molar-refractivity contribution in [3.8, 4) is 0 Å². The Morgan fingerprint density at radius 1 is 1.24 bits per heavy atom. The van der Waals surface area contributed by atoms with Gasteiger partial charge in [-0.1, -0.05) is 24.3 Å². The van der Waals surface area contributed by atoms with Gasteiger partial charge in [-0.05, 0) is 49.6 Å². The van der Waals surface area contributed by atoms with E-state index in [1.165, 1.54) is 12.7 Å². The largest absolute Gasteiger partial charge is 0.465 e. The summed E-state index contributed by atoms with van der Waals surface area (Å²) in [5.74, 6) is -0.378. The Labute approximate surface area is 147 Å². The van der Waals surface area contributed by atoms with E-state index in [0.29, 0.717) is 5.56 Å². The topological polar surface area (TPSA) is 58.6 Å². The van der Waals surface area contributed by atoms with Crippen molar-refractivity contribution in [2.75, 3.05) is 23.9 Å². The summed E-state index contributed by atoms with van der Waals surface area (Å²) in [5, 5.41) is 3.16. The highest BCUT2D eigenvalue weighted by Gasteiger charge is 2.30. The number of nitrogens with one attached hydrogen (secondary N) is 1. The Kier molecular flexibility index (Phi) is 4.74. The van der Waals surface area contributed by atoms with Gasteiger partial charge >= 0.3 is 5.97 Å². The molecule has 0 saturated heterocycles. The quantitative estimate of drug-likeness (QED) is 0.870. The van der Waals surface area contributed by atoms with Gasteiger partial charge < -0.3 is 15.0 Å². The number of fused-ring (bicyclic) bond motifs is 1. The van der Waals surface area contributed by atoms with Crippen molar-refractivity contribution in [1.82, 2.24) is 0 Å². The van der Waals surface area contributed by atoms with Crippen LogP contribution in [0.25, 0.3) is 0 Å². The number of esters is 1. The highest BCUT2D eigenvalue weighted by Crippen LogP contribution is 2.31. The number of ether oxygens (including phenoxy) is 1. The van der Waals surface area contributed by atoms with Gasteiger partial charge in [-0.2, -0.15) is 0 Å². The molecule has 0 unspecified atom stereocenters. The molecule has 1 amide bonds. The zero-order chi connectivity index (χ0) is 18.0. The second-order valence-corrected chi connectivity index (χ2v) is 6.32. The number of carbonyl (C=O) groups excluding carboxylic acids is 2. The fourth-order valence-corrected chi connectivity index (χ4v) is 3.26. The highest BCUT2D eigenvalue weighted by atomic mass is 16.5. The molecule has 1 aliphatic rings. The van der Waals surface area contributed by atoms with Gasteiger partial charge in [0.1, 0.15) is 0 Å². The predicted molar refractivity (Wildman–Crippen MR) is 98.1 cm³/mol. The predicted octanol–water partition coefficient (Wildman–Crippen LogP) is 3.17. The van der Waals surface area contributed by atoms with E-state index in [1.807, 2.05) is 36.1 Å². The Bertz CT molecular complexity index is 816. The summed E-state index contributed by atoms with van der Waals surface area (Å²) in [6, 6.07) is 13.4. The number of hydrogen-bond donors (Lipinski definition) is 1. The normalized spacial score (nSPS) is 15.6. The maximum atomic E-state index is 12.7. The second-order valence-electron chi connectivity index (χ2n) is 6.32. The lowest BCUT2D eigenvalue weighted by Gasteiger charge is -2.23. The maximum absolute atomic E-state index is 12.7. The molecule has 0 bridgehead atoms. The molecule has 2 aromatic carbocycles. The molecule has 5 heteroatoms. The Balaban J connectivity index is 1.74. The van der Waals surface area contributed by atoms with Crippen LogP contribution in [0.2, 0.25) is 0 Å². The van der Waals surface area contributed by atoms with Crippen LogP contribution in [0.4, 0.5) is 11.4 Å². The van der Waals surface area contributed by atoms with Crippen LogP contribution >= 0.6 is 0 Å². The Hall–Kier alpha value is -2.82. The molecule has 25 heavy (non-hydrogen) atoms. The minimum Gasteiger partial charge on any atom is -0.465 e. The smallest absolute Gasteiger partial charge is 0.337 e. The lowest BCUT2D eigenvalue weighted by Crippen LogP contribution is -2.39. The van der Waals surface area contributed by atoms with E-state index in [0.717, 1.165) is 23.4 Å². The molecular weight excluding hydrogens is 316 g/mol. The first kappa shape index (κ1) is 17.0. The molecule has 2 aromatic rings. The number of para-hydroxylation sites is 1. The molecule has 0 spiro atoms. The van der Waals surface area contributed by atoms with Gasteiger partial charge in [0.05, 0.1) is 19.2 Å². The van der Waals surface area contributed by atoms with Crippen molar-refractivity contribution in [3.63, 3.8) is 0 Å². The van der Waals surface area contributed by atoms with Gasteiger partial charge in [0.2, 0.25) is 5.91 Å². The number of hydrogen-bond acceptors (Lipinski definition) is 4. The molecule has 1 heterocycles. The molecule has 0 aliphatic carbocycles. The fraction of sp³-hybridized carbons (Fsp3) is 0.300. The van der Waals surface area contributed by atoms with Crippen LogP contribution in [0.3, 0.4) is 0 Å². The van der Waals surface area contributed by atoms with E-state index in [2.05, 4.69) is 18.3 Å². The molecule has 1 atom stereocenters. The Morgan fingerprint density at radius 2 is 2.00 bits per heavy atom. The van der Waals surface area contributed by atoms with Crippen molar-refractivity contribution in [2.24, 2.45) is 0 Å². The first-order chi connectivity index (χ1) is 12.0. The maximum Gasteiger partial charge on any atom is 0.337 e. The molecule has 0 radical (unpaired) electrons. The summed E-state index contributed by atoms with van der Waals surface area (Å²) < 4.78 is 4.75. The number of amides is 1. The second kappa shape index (κ2) is 6.97. The average molecular weight is 338 g/mol. The third kappa shape index (κ3) is 3.36. The van der Waals surface area contributed by atoms with Crippen molar-refractivity contribution in [2.45, 2.75) is 26.3 Å². The third-order valence-electron chi connectivity index (χ3n) is 4.56. The molecule has 3 rings (SSSR count). The van der Waals surface area contributed by atoms with Gasteiger partial charge in [-0.15, -0.1) is 0 Å². The van der Waals surface area contributed by atoms with Crippen LogP contribution in [0.1, 0.15) is 28.4 Å². The van der Waals surface area contributed by atoms with E-state index in [4.69, 9.17) is 4.74 Å². The monoisotopic (exact) mass is 338 g/mol. The summed E-state index contributed by atoms with van der Waals surface area (Å²) in [7, 11) is 1.35. The van der Waals surface area contributed by atoms with Gasteiger partial charge in [-0.3, -0.25) is 4.79 Å². The number of rotatable bonds is 4. The van der Waals surface area contributed by atoms with Crippen LogP contribution in [-0.4, -0.2) is 31.6 Å². The van der Waals surface area contributed by atoms with Gasteiger partial charge in [0, 0.05) is 17.4 Å². The molecule has 130 valence electrons. The van der Waals surface area contributed by atoms with Crippen molar-refractivity contribution >= 4 is 23.3 Å². The standard InChI is InChI=1S/C20H22N2O3/c1-13-8-9-16(20(24)25-3)11-17(13)21-12-19(23)22-14(2)10-15-6-4-5-7-18(15)22/h4-9,11,14,21H,10,12H2,1-3H3/t14-/m0/s1. The van der Waals surface area contributed by atoms with E-state index in [1.54, 1.807) is 12.1 Å². The van der Waals surface area contributed by atoms with E-state index >= 15 is 0 Å². The lowest BCUT2D eigenvalue weighted by molar-refractivity contribution is -0.117. The SMILES string of the molecule is COC(=O)c1ccc(C)c(NCC(=O)N2c3ccccc3C[C@@H]2C)c1. The van der Waals surface area contributed by atoms with Crippen LogP contribution in [0.15, 0.2) is 42.5 Å². The Morgan fingerprint density at radius 3 is 2.76 bits per heavy atom. The van der Waals surface area contributed by atoms with Crippen molar-refractivity contribution < 1.29 is 14.3 Å². The first-order valence-corrected chi connectivity index (χ1v) is 8.34. The van der Waals surface area contributed by atoms with Gasteiger partial charge in [0.25, 0.3) is 0 Å². The fourth-order valence-electron chi connectivity index (χ4n) is 3.26. The van der Waals surface area contributed by atoms with E-state index in [9.17, 15) is 9.59 Å². The van der Waals surface area contributed by atoms with E-state index < -0.39 is 5.97 Å². The van der Waals surface area contributed by atoms with Crippen molar-refractivity contribution in [1.29, 1.82) is 0 Å². The highest BCUT2D eigenvalue weighted by molar-refractivity contribution is 5.99. The number of anilines is 2. The molecule has 1 aliphatic heterocycles. The molecule has 0 fully saturated rings. The average Bonchev–Trinajstić information content (AvgIpc) is 2.95. The summed E-state index contributed by atoms with van der Waals surface area (Å²) in [6.45, 7) is 4.16. The van der Waals surface area contributed by atoms with Crippen LogP contribution < -0.4 is 10.2 Å². The number of benzene rings is 2. The third-order valence-corrected chi connectivity index (χ3v) is 4.56. The number of nitrogens with zero attached hydrogens (tertiary/aromatic N) is 1. The van der Waals surface area contributed by atoms with Gasteiger partial charge in [0.15, 0.2) is 0 Å². The summed E-state index contributed by atoms with van der Waals surface area (Å²) >= 11 is 0. The summed E-state index contributed by atoms with van der Waals surface area (Å²) in [5.41, 5.74) is 4.38. The number of aryl methyl sites for hydroxylation is 1. The lowest BCUT2D eigenvalue weighted by atomic mass is 10.1. The van der Waals surface area contributed by atoms with Crippen LogP contribution in [0.5, 0.6) is 0 Å². The molecule has 1 N–H and O–H groups in total. The molecular formula is C20H22N2O3.